The van der Waals surface area contributed by atoms with Gasteiger partial charge in [0.15, 0.2) is 5.82 Å². The Labute approximate surface area is 204 Å². The quantitative estimate of drug-likeness (QED) is 0.559. The highest BCUT2D eigenvalue weighted by Gasteiger charge is 2.27. The molecule has 8 nitrogen and oxygen atoms in total. The molecule has 0 spiro atoms. The summed E-state index contributed by atoms with van der Waals surface area (Å²) in [6.45, 7) is 3.75. The highest BCUT2D eigenvalue weighted by atomic mass is 19.1. The van der Waals surface area contributed by atoms with Crippen molar-refractivity contribution in [3.05, 3.63) is 70.5 Å². The Bertz CT molecular complexity index is 1250. The van der Waals surface area contributed by atoms with E-state index in [9.17, 15) is 9.18 Å². The van der Waals surface area contributed by atoms with E-state index in [1.54, 1.807) is 7.05 Å². The average Bonchev–Trinajstić information content (AvgIpc) is 3.37. The van der Waals surface area contributed by atoms with Crippen LogP contribution < -0.4 is 15.4 Å². The number of pyridine rings is 1. The summed E-state index contributed by atoms with van der Waals surface area (Å²) in [5.41, 5.74) is 2.63. The second kappa shape index (κ2) is 9.75. The Kier molecular flexibility index (Phi) is 6.53. The molecule has 5 rings (SSSR count). The van der Waals surface area contributed by atoms with E-state index < -0.39 is 5.82 Å². The molecule has 0 saturated carbocycles. The predicted molar refractivity (Wildman–Crippen MR) is 134 cm³/mol. The summed E-state index contributed by atoms with van der Waals surface area (Å²) in [5, 5.41) is 0. The van der Waals surface area contributed by atoms with E-state index in [2.05, 4.69) is 58.1 Å². The van der Waals surface area contributed by atoms with Crippen molar-refractivity contribution in [3.63, 3.8) is 0 Å². The van der Waals surface area contributed by atoms with Gasteiger partial charge in [-0.1, -0.05) is 12.1 Å². The molecule has 3 aromatic rings. The SMILES string of the molecule is CN(C)[C@H]1CCN(c2ccc([C@H]3CN(c4nc(-c5ccncc5F)cc(=O)n4C)CCO3)cc2)C1. The number of aromatic nitrogens is 3. The molecule has 2 aliphatic rings. The van der Waals surface area contributed by atoms with Crippen LogP contribution in [0.5, 0.6) is 0 Å². The Balaban J connectivity index is 1.35. The van der Waals surface area contributed by atoms with Crippen molar-refractivity contribution < 1.29 is 9.13 Å². The zero-order valence-corrected chi connectivity index (χ0v) is 20.4. The molecular weight excluding hydrogens is 447 g/mol. The van der Waals surface area contributed by atoms with Crippen molar-refractivity contribution >= 4 is 11.6 Å². The number of rotatable bonds is 5. The largest absolute Gasteiger partial charge is 0.370 e. The zero-order chi connectivity index (χ0) is 24.5. The topological polar surface area (TPSA) is 66.7 Å². The van der Waals surface area contributed by atoms with E-state index in [0.29, 0.717) is 37.4 Å². The third-order valence-electron chi connectivity index (χ3n) is 7.03. The molecule has 4 heterocycles. The number of ether oxygens (including phenoxy) is 1. The molecule has 2 atom stereocenters. The molecule has 0 unspecified atom stereocenters. The lowest BCUT2D eigenvalue weighted by molar-refractivity contribution is 0.0390. The second-order valence-electron chi connectivity index (χ2n) is 9.44. The first-order chi connectivity index (χ1) is 16.9. The molecule has 184 valence electrons. The Morgan fingerprint density at radius 2 is 1.89 bits per heavy atom. The molecule has 2 saturated heterocycles. The molecule has 2 fully saturated rings. The molecule has 0 aliphatic carbocycles. The van der Waals surface area contributed by atoms with Gasteiger partial charge in [-0.15, -0.1) is 0 Å². The summed E-state index contributed by atoms with van der Waals surface area (Å²) in [7, 11) is 5.96. The van der Waals surface area contributed by atoms with Crippen LogP contribution in [0.2, 0.25) is 0 Å². The summed E-state index contributed by atoms with van der Waals surface area (Å²) in [5.74, 6) is -0.00511. The Morgan fingerprint density at radius 3 is 2.60 bits per heavy atom. The number of nitrogens with zero attached hydrogens (tertiary/aromatic N) is 6. The maximum Gasteiger partial charge on any atom is 0.255 e. The van der Waals surface area contributed by atoms with Crippen LogP contribution in [0.3, 0.4) is 0 Å². The maximum atomic E-state index is 14.3. The molecular formula is C26H31FN6O2. The zero-order valence-electron chi connectivity index (χ0n) is 20.4. The number of halogens is 1. The van der Waals surface area contributed by atoms with Crippen molar-refractivity contribution in [2.45, 2.75) is 18.6 Å². The van der Waals surface area contributed by atoms with Gasteiger partial charge in [0.2, 0.25) is 5.95 Å². The van der Waals surface area contributed by atoms with Gasteiger partial charge in [-0.2, -0.15) is 0 Å². The van der Waals surface area contributed by atoms with Crippen LogP contribution in [0.4, 0.5) is 16.0 Å². The smallest absolute Gasteiger partial charge is 0.255 e. The van der Waals surface area contributed by atoms with E-state index in [1.165, 1.54) is 35.0 Å². The third-order valence-corrected chi connectivity index (χ3v) is 7.03. The van der Waals surface area contributed by atoms with Gasteiger partial charge in [-0.05, 0) is 44.3 Å². The van der Waals surface area contributed by atoms with Crippen molar-refractivity contribution in [3.8, 4) is 11.3 Å². The van der Waals surface area contributed by atoms with Gasteiger partial charge in [0.25, 0.3) is 5.56 Å². The number of anilines is 2. The van der Waals surface area contributed by atoms with E-state index in [1.807, 2.05) is 4.90 Å². The molecule has 9 heteroatoms. The van der Waals surface area contributed by atoms with E-state index >= 15 is 0 Å². The van der Waals surface area contributed by atoms with E-state index in [0.717, 1.165) is 24.8 Å². The van der Waals surface area contributed by atoms with Crippen molar-refractivity contribution in [1.29, 1.82) is 0 Å². The molecule has 0 N–H and O–H groups in total. The minimum absolute atomic E-state index is 0.149. The summed E-state index contributed by atoms with van der Waals surface area (Å²) in [6, 6.07) is 12.1. The normalized spacial score (nSPS) is 20.6. The average molecular weight is 479 g/mol. The van der Waals surface area contributed by atoms with Crippen molar-refractivity contribution in [2.75, 3.05) is 56.7 Å². The summed E-state index contributed by atoms with van der Waals surface area (Å²) in [6.07, 6.45) is 3.65. The molecule has 1 aromatic carbocycles. The summed E-state index contributed by atoms with van der Waals surface area (Å²) in [4.78, 5) is 27.9. The van der Waals surface area contributed by atoms with Crippen LogP contribution in [0, 0.1) is 5.82 Å². The fourth-order valence-corrected chi connectivity index (χ4v) is 4.86. The van der Waals surface area contributed by atoms with E-state index in [4.69, 9.17) is 4.74 Å². The van der Waals surface area contributed by atoms with Gasteiger partial charge < -0.3 is 19.4 Å². The molecule has 0 bridgehead atoms. The minimum atomic E-state index is -0.506. The predicted octanol–water partition coefficient (Wildman–Crippen LogP) is 2.70. The fraction of sp³-hybridized carbons (Fsp3) is 0.423. The molecule has 2 aromatic heterocycles. The Hall–Kier alpha value is -3.30. The van der Waals surface area contributed by atoms with Crippen LogP contribution in [0.25, 0.3) is 11.3 Å². The molecule has 35 heavy (non-hydrogen) atoms. The highest BCUT2D eigenvalue weighted by molar-refractivity contribution is 5.60. The van der Waals surface area contributed by atoms with Gasteiger partial charge in [0.1, 0.15) is 6.10 Å². The highest BCUT2D eigenvalue weighted by Crippen LogP contribution is 2.29. The Morgan fingerprint density at radius 1 is 1.09 bits per heavy atom. The van der Waals surface area contributed by atoms with Gasteiger partial charge in [-0.25, -0.2) is 9.37 Å². The minimum Gasteiger partial charge on any atom is -0.370 e. The number of benzene rings is 1. The third kappa shape index (κ3) is 4.78. The number of likely N-dealkylation sites (N-methyl/N-ethyl adjacent to an activating group) is 1. The van der Waals surface area contributed by atoms with Crippen LogP contribution in [-0.4, -0.2) is 72.4 Å². The first kappa shape index (κ1) is 23.4. The van der Waals surface area contributed by atoms with Crippen LogP contribution in [0.1, 0.15) is 18.1 Å². The van der Waals surface area contributed by atoms with E-state index in [-0.39, 0.29) is 17.2 Å². The number of hydrogen-bond donors (Lipinski definition) is 0. The molecule has 2 aliphatic heterocycles. The second-order valence-corrected chi connectivity index (χ2v) is 9.44. The summed E-state index contributed by atoms with van der Waals surface area (Å²) < 4.78 is 21.9. The molecule has 0 radical (unpaired) electrons. The lowest BCUT2D eigenvalue weighted by Crippen LogP contribution is -2.41. The standard InChI is InChI=1S/C26H31FN6O2/c1-30(2)20-9-11-32(16-20)19-6-4-18(5-7-19)24-17-33(12-13-35-24)26-29-23(14-25(34)31(26)3)21-8-10-28-15-22(21)27/h4-8,10,14-15,20,24H,9,11-13,16-17H2,1-3H3/t20-,24+/m0/s1. The first-order valence-corrected chi connectivity index (χ1v) is 12.0. The lowest BCUT2D eigenvalue weighted by Gasteiger charge is -2.34. The number of morpholine rings is 1. The van der Waals surface area contributed by atoms with Crippen molar-refractivity contribution in [2.24, 2.45) is 7.05 Å². The van der Waals surface area contributed by atoms with Gasteiger partial charge in [-0.3, -0.25) is 14.3 Å². The van der Waals surface area contributed by atoms with Crippen LogP contribution >= 0.6 is 0 Å². The molecule has 0 amide bonds. The lowest BCUT2D eigenvalue weighted by atomic mass is 10.1. The van der Waals surface area contributed by atoms with Crippen LogP contribution in [0.15, 0.2) is 53.6 Å². The van der Waals surface area contributed by atoms with Gasteiger partial charge in [0, 0.05) is 56.2 Å². The first-order valence-electron chi connectivity index (χ1n) is 12.0. The monoisotopic (exact) mass is 478 g/mol. The van der Waals surface area contributed by atoms with Gasteiger partial charge in [0.05, 0.1) is 25.0 Å². The fourth-order valence-electron chi connectivity index (χ4n) is 4.86. The van der Waals surface area contributed by atoms with Crippen LogP contribution in [-0.2, 0) is 11.8 Å². The van der Waals surface area contributed by atoms with Crippen molar-refractivity contribution in [1.82, 2.24) is 19.4 Å². The maximum absolute atomic E-state index is 14.3. The summed E-state index contributed by atoms with van der Waals surface area (Å²) >= 11 is 0. The van der Waals surface area contributed by atoms with Gasteiger partial charge >= 0.3 is 0 Å². The number of hydrogen-bond acceptors (Lipinski definition) is 7.